The van der Waals surface area contributed by atoms with E-state index in [2.05, 4.69) is 0 Å². The van der Waals surface area contributed by atoms with E-state index in [-0.39, 0.29) is 0 Å². The lowest BCUT2D eigenvalue weighted by molar-refractivity contribution is 0.184. The highest BCUT2D eigenvalue weighted by molar-refractivity contribution is 4.99. The van der Waals surface area contributed by atoms with Gasteiger partial charge in [0, 0.05) is 0 Å². The summed E-state index contributed by atoms with van der Waals surface area (Å²) in [5, 5.41) is 0. The van der Waals surface area contributed by atoms with Crippen molar-refractivity contribution in [1.29, 1.82) is 0 Å². The lowest BCUT2D eigenvalue weighted by atomic mass is 9.93. The molecule has 1 heteroatoms. The molecule has 2 aliphatic rings. The molecule has 2 rings (SSSR count). The topological polar surface area (TPSA) is 0 Å². The van der Waals surface area contributed by atoms with Crippen LogP contribution in [0.15, 0.2) is 0 Å². The first-order valence-corrected chi connectivity index (χ1v) is 5.00. The molecule has 0 aromatic rings. The van der Waals surface area contributed by atoms with E-state index in [4.69, 9.17) is 0 Å². The van der Waals surface area contributed by atoms with Crippen molar-refractivity contribution in [3.63, 3.8) is 0 Å². The summed E-state index contributed by atoms with van der Waals surface area (Å²) in [5.74, 6) is 0.435. The molecule has 2 saturated carbocycles. The molecule has 0 saturated heterocycles. The monoisotopic (exact) mass is 156 g/mol. The maximum atomic E-state index is 13.6. The molecule has 2 fully saturated rings. The highest BCUT2D eigenvalue weighted by Gasteiger charge is 2.49. The molecule has 0 aromatic carbocycles. The fourth-order valence-corrected chi connectivity index (χ4v) is 2.32. The van der Waals surface area contributed by atoms with Gasteiger partial charge in [-0.2, -0.15) is 0 Å². The summed E-state index contributed by atoms with van der Waals surface area (Å²) >= 11 is 0. The maximum Gasteiger partial charge on any atom is 0.114 e. The van der Waals surface area contributed by atoms with Gasteiger partial charge in [0.25, 0.3) is 0 Å². The van der Waals surface area contributed by atoms with Crippen LogP contribution in [0.3, 0.4) is 0 Å². The zero-order valence-electron chi connectivity index (χ0n) is 7.11. The second-order valence-electron chi connectivity index (χ2n) is 4.22. The normalized spacial score (nSPS) is 31.4. The summed E-state index contributed by atoms with van der Waals surface area (Å²) in [4.78, 5) is 0. The molecular weight excluding hydrogens is 139 g/mol. The molecule has 0 amide bonds. The van der Waals surface area contributed by atoms with Crippen LogP contribution in [0.4, 0.5) is 4.39 Å². The van der Waals surface area contributed by atoms with E-state index in [0.29, 0.717) is 5.92 Å². The molecule has 0 spiro atoms. The Bertz CT molecular complexity index is 130. The Morgan fingerprint density at radius 1 is 0.909 bits per heavy atom. The van der Waals surface area contributed by atoms with Crippen LogP contribution in [-0.2, 0) is 0 Å². The fraction of sp³-hybridized carbons (Fsp3) is 1.00. The quantitative estimate of drug-likeness (QED) is 0.510. The zero-order chi connectivity index (χ0) is 7.73. The minimum Gasteiger partial charge on any atom is -0.244 e. The molecule has 0 radical (unpaired) electrons. The predicted molar refractivity (Wildman–Crippen MR) is 44.3 cm³/mol. The van der Waals surface area contributed by atoms with Gasteiger partial charge < -0.3 is 0 Å². The van der Waals surface area contributed by atoms with Crippen molar-refractivity contribution in [2.75, 3.05) is 0 Å². The van der Waals surface area contributed by atoms with Crippen LogP contribution in [0, 0.1) is 5.92 Å². The van der Waals surface area contributed by atoms with E-state index >= 15 is 0 Å². The van der Waals surface area contributed by atoms with E-state index in [1.807, 2.05) is 0 Å². The summed E-state index contributed by atoms with van der Waals surface area (Å²) in [7, 11) is 0. The second-order valence-corrected chi connectivity index (χ2v) is 4.22. The summed E-state index contributed by atoms with van der Waals surface area (Å²) in [6.45, 7) is 0. The lowest BCUT2D eigenvalue weighted by Gasteiger charge is -2.17. The number of rotatable bonds is 1. The molecule has 0 aliphatic heterocycles. The van der Waals surface area contributed by atoms with Crippen molar-refractivity contribution < 1.29 is 4.39 Å². The molecule has 0 nitrogen and oxygen atoms in total. The minimum absolute atomic E-state index is 0.435. The molecule has 11 heavy (non-hydrogen) atoms. The van der Waals surface area contributed by atoms with Gasteiger partial charge in [0.1, 0.15) is 5.67 Å². The van der Waals surface area contributed by atoms with Crippen LogP contribution in [0.2, 0.25) is 0 Å². The summed E-state index contributed by atoms with van der Waals surface area (Å²) < 4.78 is 13.6. The van der Waals surface area contributed by atoms with E-state index in [1.165, 1.54) is 25.7 Å². The summed E-state index contributed by atoms with van der Waals surface area (Å²) in [6.07, 6.45) is 9.27. The van der Waals surface area contributed by atoms with Crippen molar-refractivity contribution in [1.82, 2.24) is 0 Å². The third kappa shape index (κ3) is 1.57. The van der Waals surface area contributed by atoms with Gasteiger partial charge in [-0.15, -0.1) is 0 Å². The zero-order valence-corrected chi connectivity index (χ0v) is 7.11. The van der Waals surface area contributed by atoms with Crippen LogP contribution < -0.4 is 0 Å². The SMILES string of the molecule is FC1(C2CCCCCC2)CC1. The van der Waals surface area contributed by atoms with Gasteiger partial charge in [0.2, 0.25) is 0 Å². The van der Waals surface area contributed by atoms with Crippen LogP contribution in [0.5, 0.6) is 0 Å². The summed E-state index contributed by atoms with van der Waals surface area (Å²) in [5.41, 5.74) is -0.690. The van der Waals surface area contributed by atoms with Crippen LogP contribution in [0.25, 0.3) is 0 Å². The van der Waals surface area contributed by atoms with Gasteiger partial charge in [-0.25, -0.2) is 4.39 Å². The number of hydrogen-bond acceptors (Lipinski definition) is 0. The third-order valence-corrected chi connectivity index (χ3v) is 3.31. The van der Waals surface area contributed by atoms with Gasteiger partial charge in [0.15, 0.2) is 0 Å². The maximum absolute atomic E-state index is 13.6. The van der Waals surface area contributed by atoms with Gasteiger partial charge in [-0.3, -0.25) is 0 Å². The molecule has 0 aromatic heterocycles. The molecule has 0 bridgehead atoms. The fourth-order valence-electron chi connectivity index (χ4n) is 2.32. The van der Waals surface area contributed by atoms with E-state index in [1.54, 1.807) is 0 Å². The molecule has 64 valence electrons. The van der Waals surface area contributed by atoms with Gasteiger partial charge in [0.05, 0.1) is 0 Å². The van der Waals surface area contributed by atoms with Crippen molar-refractivity contribution >= 4 is 0 Å². The van der Waals surface area contributed by atoms with E-state index in [0.717, 1.165) is 25.7 Å². The van der Waals surface area contributed by atoms with Crippen LogP contribution >= 0.6 is 0 Å². The Kier molecular flexibility index (Phi) is 1.90. The van der Waals surface area contributed by atoms with E-state index < -0.39 is 5.67 Å². The molecule has 0 N–H and O–H groups in total. The van der Waals surface area contributed by atoms with E-state index in [9.17, 15) is 4.39 Å². The van der Waals surface area contributed by atoms with Crippen molar-refractivity contribution in [3.8, 4) is 0 Å². The largest absolute Gasteiger partial charge is 0.244 e. The standard InChI is InChI=1S/C10H17F/c11-10(7-8-10)9-5-3-1-2-4-6-9/h9H,1-8H2. The first kappa shape index (κ1) is 7.57. The number of halogens is 1. The predicted octanol–water partition coefficient (Wildman–Crippen LogP) is 3.46. The minimum atomic E-state index is -0.690. The Morgan fingerprint density at radius 3 is 1.91 bits per heavy atom. The first-order valence-electron chi connectivity index (χ1n) is 5.00. The third-order valence-electron chi connectivity index (χ3n) is 3.31. The number of alkyl halides is 1. The first-order chi connectivity index (χ1) is 5.31. The lowest BCUT2D eigenvalue weighted by Crippen LogP contribution is -2.16. The number of hydrogen-bond donors (Lipinski definition) is 0. The summed E-state index contributed by atoms with van der Waals surface area (Å²) in [6, 6.07) is 0. The highest BCUT2D eigenvalue weighted by atomic mass is 19.1. The van der Waals surface area contributed by atoms with Crippen LogP contribution in [-0.4, -0.2) is 5.67 Å². The molecule has 2 aliphatic carbocycles. The molecule has 0 heterocycles. The Balaban J connectivity index is 1.90. The molecular formula is C10H17F. The highest BCUT2D eigenvalue weighted by Crippen LogP contribution is 2.50. The van der Waals surface area contributed by atoms with Gasteiger partial charge in [-0.1, -0.05) is 25.7 Å². The smallest absolute Gasteiger partial charge is 0.114 e. The van der Waals surface area contributed by atoms with Crippen LogP contribution in [0.1, 0.15) is 51.4 Å². The average molecular weight is 156 g/mol. The average Bonchev–Trinajstić information content (AvgIpc) is 2.73. The van der Waals surface area contributed by atoms with Gasteiger partial charge >= 0.3 is 0 Å². The van der Waals surface area contributed by atoms with Crippen molar-refractivity contribution in [2.45, 2.75) is 57.0 Å². The van der Waals surface area contributed by atoms with Crippen molar-refractivity contribution in [2.24, 2.45) is 5.92 Å². The molecule has 0 unspecified atom stereocenters. The Labute approximate surface area is 68.2 Å². The van der Waals surface area contributed by atoms with Crippen molar-refractivity contribution in [3.05, 3.63) is 0 Å². The Morgan fingerprint density at radius 2 is 1.45 bits per heavy atom. The molecule has 0 atom stereocenters. The second kappa shape index (κ2) is 2.76. The Hall–Kier alpha value is -0.0700. The van der Waals surface area contributed by atoms with Gasteiger partial charge in [-0.05, 0) is 31.6 Å².